The van der Waals surface area contributed by atoms with Crippen LogP contribution in [0.4, 0.5) is 0 Å². The molecular weight excluding hydrogens is 739 g/mol. The van der Waals surface area contributed by atoms with Crippen LogP contribution in [0.25, 0.3) is 0 Å². The predicted molar refractivity (Wildman–Crippen MR) is 234 cm³/mol. The first-order valence-electron chi connectivity index (χ1n) is 23.6. The van der Waals surface area contributed by atoms with E-state index in [0.717, 1.165) is 38.5 Å². The van der Waals surface area contributed by atoms with Crippen LogP contribution in [0.1, 0.15) is 194 Å². The number of methoxy groups -OCH3 is 1. The van der Waals surface area contributed by atoms with Gasteiger partial charge in [0.2, 0.25) is 5.91 Å². The average Bonchev–Trinajstić information content (AvgIpc) is 3.22. The highest BCUT2D eigenvalue weighted by molar-refractivity contribution is 5.78. The summed E-state index contributed by atoms with van der Waals surface area (Å²) in [6, 6.07) is -0.775. The number of hydrogen-bond acceptors (Lipinski definition) is 10. The van der Waals surface area contributed by atoms with Gasteiger partial charge in [-0.25, -0.2) is 0 Å². The molecule has 0 aliphatic carbocycles. The average molecular weight is 828 g/mol. The number of allylic oxidation sites excluding steroid dienone is 1. The molecule has 2 unspecified atom stereocenters. The van der Waals surface area contributed by atoms with Crippen molar-refractivity contribution in [1.29, 1.82) is 0 Å². The molecule has 0 radical (unpaired) electrons. The summed E-state index contributed by atoms with van der Waals surface area (Å²) in [4.78, 5) is 37.6. The Hall–Kier alpha value is -2.05. The maximum atomic E-state index is 12.9. The van der Waals surface area contributed by atoms with E-state index < -0.39 is 24.1 Å². The molecule has 0 saturated carbocycles. The Morgan fingerprint density at radius 2 is 0.897 bits per heavy atom. The van der Waals surface area contributed by atoms with E-state index >= 15 is 0 Å². The van der Waals surface area contributed by atoms with Gasteiger partial charge in [-0.2, -0.15) is 0 Å². The van der Waals surface area contributed by atoms with Gasteiger partial charge in [0.25, 0.3) is 0 Å². The standard InChI is InChI=1S/C47H89NO10/c1-4-6-8-10-12-14-16-18-20-22-24-26-28-30-44(49)43(48-45(50)31-29-27-25-23-21-19-17-15-13-11-9-7-5-2)42-58-47(52)33-32-46(51)57-41-40-56-39-38-55-37-36-54-35-34-53-3/h28,30,43-44,49H,4-27,29,31-42H2,1-3H3,(H,48,50)/b30-28+. The van der Waals surface area contributed by atoms with Gasteiger partial charge in [0.05, 0.1) is 71.2 Å². The molecule has 0 bridgehead atoms. The number of rotatable bonds is 46. The Balaban J connectivity index is 4.47. The van der Waals surface area contributed by atoms with Gasteiger partial charge in [0, 0.05) is 13.5 Å². The van der Waals surface area contributed by atoms with E-state index in [1.165, 1.54) is 122 Å². The number of hydrogen-bond donors (Lipinski definition) is 2. The summed E-state index contributed by atoms with van der Waals surface area (Å²) < 4.78 is 31.6. The molecule has 1 amide bonds. The number of unbranched alkanes of at least 4 members (excludes halogenated alkanes) is 23. The van der Waals surface area contributed by atoms with E-state index in [1.54, 1.807) is 13.2 Å². The maximum absolute atomic E-state index is 12.9. The molecule has 11 nitrogen and oxygen atoms in total. The Bertz CT molecular complexity index is 933. The van der Waals surface area contributed by atoms with Gasteiger partial charge >= 0.3 is 11.9 Å². The number of aliphatic hydroxyl groups is 1. The molecule has 0 saturated heterocycles. The molecule has 0 aliphatic rings. The topological polar surface area (TPSA) is 139 Å². The third-order valence-corrected chi connectivity index (χ3v) is 10.2. The van der Waals surface area contributed by atoms with Crippen LogP contribution in [0.5, 0.6) is 0 Å². The first-order valence-corrected chi connectivity index (χ1v) is 23.6. The molecule has 0 heterocycles. The zero-order valence-corrected chi connectivity index (χ0v) is 37.6. The monoisotopic (exact) mass is 828 g/mol. The van der Waals surface area contributed by atoms with Crippen molar-refractivity contribution in [2.45, 2.75) is 206 Å². The molecule has 342 valence electrons. The molecule has 0 fully saturated rings. The van der Waals surface area contributed by atoms with E-state index in [-0.39, 0.29) is 38.6 Å². The Morgan fingerprint density at radius 1 is 0.500 bits per heavy atom. The highest BCUT2D eigenvalue weighted by atomic mass is 16.6. The summed E-state index contributed by atoms with van der Waals surface area (Å²) in [7, 11) is 1.62. The fourth-order valence-electron chi connectivity index (χ4n) is 6.53. The highest BCUT2D eigenvalue weighted by Gasteiger charge is 2.22. The minimum Gasteiger partial charge on any atom is -0.463 e. The Morgan fingerprint density at radius 3 is 1.36 bits per heavy atom. The Kier molecular flexibility index (Phi) is 44.4. The van der Waals surface area contributed by atoms with E-state index in [2.05, 4.69) is 19.2 Å². The lowest BCUT2D eigenvalue weighted by Crippen LogP contribution is -2.46. The second kappa shape index (κ2) is 46.0. The number of esters is 2. The van der Waals surface area contributed by atoms with Crippen LogP contribution in [0.15, 0.2) is 12.2 Å². The van der Waals surface area contributed by atoms with Crippen molar-refractivity contribution in [3.63, 3.8) is 0 Å². The van der Waals surface area contributed by atoms with Crippen LogP contribution in [0.2, 0.25) is 0 Å². The lowest BCUT2D eigenvalue weighted by Gasteiger charge is -2.22. The summed E-state index contributed by atoms with van der Waals surface area (Å²) in [6.45, 7) is 7.38. The van der Waals surface area contributed by atoms with E-state index in [1.807, 2.05) is 6.08 Å². The van der Waals surface area contributed by atoms with E-state index in [0.29, 0.717) is 46.1 Å². The van der Waals surface area contributed by atoms with Crippen molar-refractivity contribution in [3.05, 3.63) is 12.2 Å². The van der Waals surface area contributed by atoms with Gasteiger partial charge in [0.15, 0.2) is 0 Å². The molecule has 2 N–H and O–H groups in total. The Labute approximate surface area is 354 Å². The molecule has 0 aromatic rings. The lowest BCUT2D eigenvalue weighted by molar-refractivity contribution is -0.152. The summed E-state index contributed by atoms with van der Waals surface area (Å²) in [5.74, 6) is -1.28. The highest BCUT2D eigenvalue weighted by Crippen LogP contribution is 2.14. The number of ether oxygens (including phenoxy) is 6. The van der Waals surface area contributed by atoms with Gasteiger partial charge in [0.1, 0.15) is 13.2 Å². The van der Waals surface area contributed by atoms with Crippen LogP contribution < -0.4 is 5.32 Å². The van der Waals surface area contributed by atoms with Crippen molar-refractivity contribution < 1.29 is 47.9 Å². The minimum atomic E-state index is -0.999. The van der Waals surface area contributed by atoms with Crippen molar-refractivity contribution in [1.82, 2.24) is 5.32 Å². The van der Waals surface area contributed by atoms with Gasteiger partial charge < -0.3 is 38.8 Å². The maximum Gasteiger partial charge on any atom is 0.306 e. The van der Waals surface area contributed by atoms with Gasteiger partial charge in [-0.15, -0.1) is 0 Å². The van der Waals surface area contributed by atoms with Crippen molar-refractivity contribution in [3.8, 4) is 0 Å². The zero-order chi connectivity index (χ0) is 42.4. The second-order valence-electron chi connectivity index (χ2n) is 15.6. The summed E-state index contributed by atoms with van der Waals surface area (Å²) in [5, 5.41) is 13.9. The molecule has 0 aromatic carbocycles. The molecule has 11 heteroatoms. The number of nitrogens with one attached hydrogen (secondary N) is 1. The number of amides is 1. The quantitative estimate of drug-likeness (QED) is 0.0346. The molecular formula is C47H89NO10. The van der Waals surface area contributed by atoms with Crippen molar-refractivity contribution in [2.24, 2.45) is 0 Å². The third kappa shape index (κ3) is 42.1. The molecule has 2 atom stereocenters. The first-order chi connectivity index (χ1) is 28.4. The van der Waals surface area contributed by atoms with Gasteiger partial charge in [-0.1, -0.05) is 167 Å². The summed E-state index contributed by atoms with van der Waals surface area (Å²) >= 11 is 0. The molecule has 0 rings (SSSR count). The number of carbonyl (C=O) groups is 3. The normalized spacial score (nSPS) is 12.6. The lowest BCUT2D eigenvalue weighted by atomic mass is 10.0. The van der Waals surface area contributed by atoms with E-state index in [4.69, 9.17) is 28.4 Å². The SMILES string of the molecule is CCCCCCCCCCCCC/C=C/C(O)C(COC(=O)CCC(=O)OCCOCCOCCOCCOC)NC(=O)CCCCCCCCCCCCCCC. The van der Waals surface area contributed by atoms with Crippen LogP contribution >= 0.6 is 0 Å². The van der Waals surface area contributed by atoms with Crippen LogP contribution in [-0.4, -0.2) is 102 Å². The third-order valence-electron chi connectivity index (χ3n) is 10.2. The molecule has 0 aromatic heterocycles. The molecule has 0 aliphatic heterocycles. The first kappa shape index (κ1) is 55.9. The van der Waals surface area contributed by atoms with Crippen LogP contribution in [0, 0.1) is 0 Å². The molecule has 0 spiro atoms. The van der Waals surface area contributed by atoms with Gasteiger partial charge in [-0.05, 0) is 19.3 Å². The number of aliphatic hydroxyl groups excluding tert-OH is 1. The van der Waals surface area contributed by atoms with Crippen molar-refractivity contribution >= 4 is 17.8 Å². The fraction of sp³-hybridized carbons (Fsp3) is 0.894. The smallest absolute Gasteiger partial charge is 0.306 e. The molecule has 58 heavy (non-hydrogen) atoms. The summed E-state index contributed by atoms with van der Waals surface area (Å²) in [5.41, 5.74) is 0. The van der Waals surface area contributed by atoms with Crippen molar-refractivity contribution in [2.75, 3.05) is 66.6 Å². The second-order valence-corrected chi connectivity index (χ2v) is 15.6. The zero-order valence-electron chi connectivity index (χ0n) is 37.6. The minimum absolute atomic E-state index is 0.0685. The van der Waals surface area contributed by atoms with Crippen LogP contribution in [-0.2, 0) is 42.8 Å². The largest absolute Gasteiger partial charge is 0.463 e. The summed E-state index contributed by atoms with van der Waals surface area (Å²) in [6.07, 6.45) is 33.7. The predicted octanol–water partition coefficient (Wildman–Crippen LogP) is 10.1. The van der Waals surface area contributed by atoms with Gasteiger partial charge in [-0.3, -0.25) is 14.4 Å². The fourth-order valence-corrected chi connectivity index (χ4v) is 6.53. The number of carbonyl (C=O) groups excluding carboxylic acids is 3. The van der Waals surface area contributed by atoms with E-state index in [9.17, 15) is 19.5 Å². The van der Waals surface area contributed by atoms with Crippen LogP contribution in [0.3, 0.4) is 0 Å².